The lowest BCUT2D eigenvalue weighted by molar-refractivity contribution is -0.252. The number of hydrogen-bond donors (Lipinski definition) is 1. The summed E-state index contributed by atoms with van der Waals surface area (Å²) >= 11 is 0. The molecule has 1 unspecified atom stereocenters. The molecule has 1 aliphatic heterocycles. The minimum absolute atomic E-state index is 0.00182. The van der Waals surface area contributed by atoms with Crippen LogP contribution < -0.4 is 4.74 Å². The predicted molar refractivity (Wildman–Crippen MR) is 164 cm³/mol. The largest absolute Gasteiger partial charge is 0.497 e. The predicted octanol–water partition coefficient (Wildman–Crippen LogP) is 7.70. The molecule has 5 atom stereocenters. The molecule has 234 valence electrons. The molecule has 1 aromatic carbocycles. The fraction of sp³-hybridized carbons (Fsp3) is 0.625. The third-order valence-corrected chi connectivity index (χ3v) is 12.9. The van der Waals surface area contributed by atoms with Gasteiger partial charge in [0.05, 0.1) is 31.8 Å². The summed E-state index contributed by atoms with van der Waals surface area (Å²) in [5.74, 6) is 0.410. The minimum Gasteiger partial charge on any atom is -0.497 e. The average Bonchev–Trinajstić information content (AvgIpc) is 3.39. The first-order valence-electron chi connectivity index (χ1n) is 14.7. The summed E-state index contributed by atoms with van der Waals surface area (Å²) in [6.07, 6.45) is 4.83. The summed E-state index contributed by atoms with van der Waals surface area (Å²) < 4.78 is 35.8. The van der Waals surface area contributed by atoms with Gasteiger partial charge in [0.15, 0.2) is 14.6 Å². The molecule has 2 heterocycles. The molecule has 1 aliphatic rings. The van der Waals surface area contributed by atoms with Crippen LogP contribution in [0.5, 0.6) is 5.75 Å². The number of rotatable bonds is 14. The highest BCUT2D eigenvalue weighted by atomic mass is 28.4. The van der Waals surface area contributed by atoms with Gasteiger partial charge in [-0.25, -0.2) is 4.98 Å². The van der Waals surface area contributed by atoms with Crippen LogP contribution in [0.15, 0.2) is 40.5 Å². The van der Waals surface area contributed by atoms with Crippen molar-refractivity contribution in [2.75, 3.05) is 14.2 Å². The maximum atomic E-state index is 11.6. The maximum Gasteiger partial charge on any atom is 0.305 e. The van der Waals surface area contributed by atoms with Crippen LogP contribution >= 0.6 is 0 Å². The van der Waals surface area contributed by atoms with Crippen molar-refractivity contribution in [1.29, 1.82) is 0 Å². The van der Waals surface area contributed by atoms with Crippen LogP contribution in [0.4, 0.5) is 0 Å². The molecule has 0 bridgehead atoms. The van der Waals surface area contributed by atoms with E-state index in [1.165, 1.54) is 0 Å². The Hall–Kier alpha value is -2.50. The van der Waals surface area contributed by atoms with Gasteiger partial charge in [-0.1, -0.05) is 32.9 Å². The molecule has 0 radical (unpaired) electrons. The Bertz CT molecular complexity index is 1170. The van der Waals surface area contributed by atoms with Crippen molar-refractivity contribution in [2.45, 2.75) is 116 Å². The van der Waals surface area contributed by atoms with Crippen molar-refractivity contribution in [3.05, 3.63) is 53.2 Å². The number of carbonyl (C=O) groups is 1. The molecule has 42 heavy (non-hydrogen) atoms. The first-order valence-corrected chi connectivity index (χ1v) is 17.6. The number of aromatic nitrogens is 1. The molecule has 10 heteroatoms. The van der Waals surface area contributed by atoms with E-state index in [4.69, 9.17) is 32.8 Å². The zero-order valence-corrected chi connectivity index (χ0v) is 27.6. The third kappa shape index (κ3) is 9.50. The molecule has 9 nitrogen and oxygen atoms in total. The van der Waals surface area contributed by atoms with Crippen LogP contribution in [-0.4, -0.2) is 56.9 Å². The van der Waals surface area contributed by atoms with E-state index in [9.17, 15) is 9.90 Å². The van der Waals surface area contributed by atoms with Gasteiger partial charge in [-0.3, -0.25) is 4.79 Å². The molecule has 1 saturated heterocycles. The van der Waals surface area contributed by atoms with Crippen LogP contribution in [0, 0.1) is 0 Å². The van der Waals surface area contributed by atoms with E-state index in [2.05, 4.69) is 33.9 Å². The highest BCUT2D eigenvalue weighted by molar-refractivity contribution is 6.74. The second-order valence-corrected chi connectivity index (χ2v) is 17.4. The van der Waals surface area contributed by atoms with E-state index in [0.29, 0.717) is 24.4 Å². The second kappa shape index (κ2) is 14.8. The van der Waals surface area contributed by atoms with Crippen LogP contribution in [0.1, 0.15) is 96.3 Å². The van der Waals surface area contributed by atoms with Crippen LogP contribution in [-0.2, 0) is 23.4 Å². The third-order valence-electron chi connectivity index (χ3n) is 8.41. The number of carboxylic acid groups (broad SMARTS) is 1. The molecule has 1 aromatic heterocycles. The SMILES string of the molecule is COc1ccc(C2O[C@@H](CCC[C@H](CC(=O)O)O[Si](C)(C)C(C)(C)C)C[C@@H](c3coc(/C=C(/C)[C@@H](C)OC)n3)O2)cc1. The average molecular weight is 604 g/mol. The van der Waals surface area contributed by atoms with Crippen LogP contribution in [0.3, 0.4) is 0 Å². The summed E-state index contributed by atoms with van der Waals surface area (Å²) in [6, 6.07) is 7.64. The second-order valence-electron chi connectivity index (χ2n) is 12.6. The molecule has 0 saturated carbocycles. The lowest BCUT2D eigenvalue weighted by Gasteiger charge is -2.39. The number of aliphatic carboxylic acids is 1. The van der Waals surface area contributed by atoms with Gasteiger partial charge in [0.25, 0.3) is 0 Å². The normalized spacial score (nSPS) is 21.6. The van der Waals surface area contributed by atoms with E-state index >= 15 is 0 Å². The van der Waals surface area contributed by atoms with Crippen molar-refractivity contribution in [3.8, 4) is 5.75 Å². The summed E-state index contributed by atoms with van der Waals surface area (Å²) in [5.41, 5.74) is 2.59. The zero-order chi connectivity index (χ0) is 31.1. The van der Waals surface area contributed by atoms with Gasteiger partial charge >= 0.3 is 5.97 Å². The lowest BCUT2D eigenvalue weighted by atomic mass is 10.00. The Kier molecular flexibility index (Phi) is 12.0. The number of hydrogen-bond acceptors (Lipinski definition) is 8. The molecule has 0 amide bonds. The molecule has 0 spiro atoms. The summed E-state index contributed by atoms with van der Waals surface area (Å²) in [7, 11) is 1.18. The molecular formula is C32H49NO8Si. The molecule has 3 rings (SSSR count). The van der Waals surface area contributed by atoms with Crippen molar-refractivity contribution < 1.29 is 37.7 Å². The topological polar surface area (TPSA) is 109 Å². The first kappa shape index (κ1) is 34.0. The standard InChI is InChI=1S/C32H49NO8Si/c1-21(22(2)36-6)17-29-33-27(20-38-29)28-18-25(39-31(40-28)23-13-15-24(37-7)16-14-23)11-10-12-26(19-30(34)35)41-42(8,9)32(3,4)5/h13-17,20,22,25-26,28,31H,10-12,18-19H2,1-9H3,(H,34,35)/b21-17-/t22-,25+,26-,28+,31?/m1/s1. The first-order chi connectivity index (χ1) is 19.7. The minimum atomic E-state index is -2.12. The molecule has 1 fully saturated rings. The molecule has 1 N–H and O–H groups in total. The number of carboxylic acids is 1. The Morgan fingerprint density at radius 1 is 1.19 bits per heavy atom. The summed E-state index contributed by atoms with van der Waals surface area (Å²) in [6.45, 7) is 14.8. The number of ether oxygens (including phenoxy) is 4. The summed E-state index contributed by atoms with van der Waals surface area (Å²) in [4.78, 5) is 16.3. The fourth-order valence-electron chi connectivity index (χ4n) is 4.58. The van der Waals surface area contributed by atoms with Gasteiger partial charge in [0, 0.05) is 25.2 Å². The van der Waals surface area contributed by atoms with Crippen molar-refractivity contribution >= 4 is 20.4 Å². The monoisotopic (exact) mass is 603 g/mol. The van der Waals surface area contributed by atoms with E-state index in [1.54, 1.807) is 20.5 Å². The molecular weight excluding hydrogens is 554 g/mol. The Labute approximate surface area is 251 Å². The van der Waals surface area contributed by atoms with Crippen molar-refractivity contribution in [3.63, 3.8) is 0 Å². The lowest BCUT2D eigenvalue weighted by Crippen LogP contribution is -2.44. The number of oxazole rings is 1. The highest BCUT2D eigenvalue weighted by Crippen LogP contribution is 2.41. The zero-order valence-electron chi connectivity index (χ0n) is 26.6. The highest BCUT2D eigenvalue weighted by Gasteiger charge is 2.40. The van der Waals surface area contributed by atoms with E-state index in [0.717, 1.165) is 29.7 Å². The van der Waals surface area contributed by atoms with Crippen LogP contribution in [0.25, 0.3) is 6.08 Å². The quantitative estimate of drug-likeness (QED) is 0.217. The van der Waals surface area contributed by atoms with Gasteiger partial charge < -0.3 is 32.9 Å². The Morgan fingerprint density at radius 2 is 1.88 bits per heavy atom. The number of methoxy groups -OCH3 is 2. The van der Waals surface area contributed by atoms with Gasteiger partial charge in [-0.05, 0) is 68.9 Å². The van der Waals surface area contributed by atoms with E-state index in [1.807, 2.05) is 44.2 Å². The number of nitrogens with zero attached hydrogens (tertiary/aromatic N) is 1. The van der Waals surface area contributed by atoms with E-state index in [-0.39, 0.29) is 35.9 Å². The smallest absolute Gasteiger partial charge is 0.305 e. The molecule has 2 aromatic rings. The Morgan fingerprint density at radius 3 is 2.48 bits per heavy atom. The van der Waals surface area contributed by atoms with Gasteiger partial charge in [0.2, 0.25) is 5.89 Å². The maximum absolute atomic E-state index is 11.6. The van der Waals surface area contributed by atoms with Crippen molar-refractivity contribution in [2.24, 2.45) is 0 Å². The van der Waals surface area contributed by atoms with Crippen molar-refractivity contribution in [1.82, 2.24) is 4.98 Å². The van der Waals surface area contributed by atoms with Gasteiger partial charge in [0.1, 0.15) is 23.8 Å². The summed E-state index contributed by atoms with van der Waals surface area (Å²) in [5, 5.41) is 9.55. The van der Waals surface area contributed by atoms with Crippen LogP contribution in [0.2, 0.25) is 18.1 Å². The molecule has 0 aliphatic carbocycles. The fourth-order valence-corrected chi connectivity index (χ4v) is 5.97. The van der Waals surface area contributed by atoms with Gasteiger partial charge in [-0.15, -0.1) is 0 Å². The van der Waals surface area contributed by atoms with Gasteiger partial charge in [-0.2, -0.15) is 0 Å². The number of benzene rings is 1. The Balaban J connectivity index is 1.76. The van der Waals surface area contributed by atoms with E-state index < -0.39 is 20.6 Å².